The summed E-state index contributed by atoms with van der Waals surface area (Å²) in [6.45, 7) is 1.43. The second-order valence-electron chi connectivity index (χ2n) is 2.63. The number of unbranched alkanes of at least 4 members (excludes halogenated alkanes) is 1. The van der Waals surface area contributed by atoms with Crippen LogP contribution in [0, 0.1) is 0 Å². The predicted octanol–water partition coefficient (Wildman–Crippen LogP) is 1.30. The van der Waals surface area contributed by atoms with E-state index >= 15 is 0 Å². The molecule has 0 aromatic carbocycles. The smallest absolute Gasteiger partial charge is 0.217 e. The highest BCUT2D eigenvalue weighted by molar-refractivity contribution is 14.1. The third-order valence-corrected chi connectivity index (χ3v) is 2.21. The van der Waals surface area contributed by atoms with E-state index in [4.69, 9.17) is 0 Å². The molecule has 0 fully saturated rings. The van der Waals surface area contributed by atoms with E-state index < -0.39 is 0 Å². The zero-order valence-electron chi connectivity index (χ0n) is 7.18. The average molecular weight is 283 g/mol. The molecule has 0 aromatic heterocycles. The molecule has 0 saturated carbocycles. The lowest BCUT2D eigenvalue weighted by Crippen LogP contribution is -2.34. The summed E-state index contributed by atoms with van der Waals surface area (Å²) in [6.07, 6.45) is 3.65. The normalized spacial score (nSPS) is 12.2. The zero-order chi connectivity index (χ0) is 9.40. The minimum absolute atomic E-state index is 0.137. The van der Waals surface area contributed by atoms with Crippen LogP contribution in [0.5, 0.6) is 0 Å². The third kappa shape index (κ3) is 6.57. The van der Waals surface area contributed by atoms with E-state index in [0.717, 1.165) is 30.0 Å². The van der Waals surface area contributed by atoms with Crippen molar-refractivity contribution in [3.8, 4) is 0 Å². The summed E-state index contributed by atoms with van der Waals surface area (Å²) < 4.78 is 1.10. The van der Waals surface area contributed by atoms with Crippen molar-refractivity contribution >= 4 is 34.8 Å². The summed E-state index contributed by atoms with van der Waals surface area (Å²) in [5, 5.41) is 2.58. The number of carbonyl (C=O) groups is 2. The molecule has 0 aliphatic heterocycles. The molecule has 0 unspecified atom stereocenters. The maximum Gasteiger partial charge on any atom is 0.217 e. The van der Waals surface area contributed by atoms with E-state index in [-0.39, 0.29) is 11.9 Å². The van der Waals surface area contributed by atoms with Crippen LogP contribution in [0.15, 0.2) is 0 Å². The first kappa shape index (κ1) is 11.9. The van der Waals surface area contributed by atoms with Crippen LogP contribution in [0.2, 0.25) is 0 Å². The van der Waals surface area contributed by atoms with Crippen molar-refractivity contribution in [3.63, 3.8) is 0 Å². The Morgan fingerprint density at radius 1 is 1.58 bits per heavy atom. The second kappa shape index (κ2) is 7.52. The van der Waals surface area contributed by atoms with Crippen LogP contribution in [0.1, 0.15) is 26.2 Å². The van der Waals surface area contributed by atoms with E-state index in [9.17, 15) is 9.59 Å². The number of hydrogen-bond donors (Lipinski definition) is 1. The Bertz CT molecular complexity index is 150. The summed E-state index contributed by atoms with van der Waals surface area (Å²) >= 11 is 2.30. The molecular formula is C8H14INO2. The number of carbonyl (C=O) groups excluding carboxylic acids is 2. The fourth-order valence-electron chi connectivity index (χ4n) is 0.894. The number of nitrogens with one attached hydrogen (secondary N) is 1. The van der Waals surface area contributed by atoms with Crippen LogP contribution in [0.4, 0.5) is 0 Å². The molecule has 0 bridgehead atoms. The number of halogens is 1. The second-order valence-corrected chi connectivity index (χ2v) is 3.71. The third-order valence-electron chi connectivity index (χ3n) is 1.45. The number of rotatable bonds is 6. The molecule has 0 heterocycles. The summed E-state index contributed by atoms with van der Waals surface area (Å²) in [6, 6.07) is -0.287. The van der Waals surface area contributed by atoms with Gasteiger partial charge in [-0.1, -0.05) is 29.0 Å². The van der Waals surface area contributed by atoms with Crippen molar-refractivity contribution in [1.82, 2.24) is 5.32 Å². The van der Waals surface area contributed by atoms with Crippen molar-refractivity contribution in [2.75, 3.05) is 4.43 Å². The van der Waals surface area contributed by atoms with Gasteiger partial charge in [0, 0.05) is 6.92 Å². The number of aldehydes is 1. The number of hydrogen-bond acceptors (Lipinski definition) is 2. The van der Waals surface area contributed by atoms with E-state index in [0.29, 0.717) is 0 Å². The van der Waals surface area contributed by atoms with Crippen molar-refractivity contribution in [2.45, 2.75) is 32.2 Å². The van der Waals surface area contributed by atoms with Gasteiger partial charge in [0.25, 0.3) is 0 Å². The summed E-state index contributed by atoms with van der Waals surface area (Å²) in [5.74, 6) is -0.137. The molecule has 3 nitrogen and oxygen atoms in total. The molecule has 1 N–H and O–H groups in total. The monoisotopic (exact) mass is 283 g/mol. The standard InChI is InChI=1S/C8H14INO2/c1-7(12)10-8(6-11)4-2-3-5-9/h6,8H,2-5H2,1H3,(H,10,12)/t8-/m0/s1. The van der Waals surface area contributed by atoms with Gasteiger partial charge in [-0.2, -0.15) is 0 Å². The fraction of sp³-hybridized carbons (Fsp3) is 0.750. The Hall–Kier alpha value is -0.130. The van der Waals surface area contributed by atoms with Gasteiger partial charge >= 0.3 is 0 Å². The Morgan fingerprint density at radius 3 is 2.67 bits per heavy atom. The van der Waals surface area contributed by atoms with Crippen molar-refractivity contribution < 1.29 is 9.59 Å². The molecule has 0 rings (SSSR count). The minimum atomic E-state index is -0.287. The molecule has 4 heteroatoms. The van der Waals surface area contributed by atoms with Gasteiger partial charge in [-0.3, -0.25) is 4.79 Å². The summed E-state index contributed by atoms with van der Waals surface area (Å²) in [5.41, 5.74) is 0. The maximum absolute atomic E-state index is 10.6. The van der Waals surface area contributed by atoms with Gasteiger partial charge in [0.1, 0.15) is 6.29 Å². The Labute approximate surface area is 86.4 Å². The molecule has 0 saturated heterocycles. The van der Waals surface area contributed by atoms with Gasteiger partial charge in [-0.25, -0.2) is 0 Å². The zero-order valence-corrected chi connectivity index (χ0v) is 9.34. The predicted molar refractivity (Wildman–Crippen MR) is 56.4 cm³/mol. The van der Waals surface area contributed by atoms with Gasteiger partial charge in [0.05, 0.1) is 6.04 Å². The van der Waals surface area contributed by atoms with Crippen LogP contribution in [-0.2, 0) is 9.59 Å². The molecule has 70 valence electrons. The SMILES string of the molecule is CC(=O)N[C@H](C=O)CCCCI. The lowest BCUT2D eigenvalue weighted by Gasteiger charge is -2.09. The van der Waals surface area contributed by atoms with Crippen LogP contribution in [-0.4, -0.2) is 22.7 Å². The van der Waals surface area contributed by atoms with E-state index in [2.05, 4.69) is 27.9 Å². The Morgan fingerprint density at radius 2 is 2.25 bits per heavy atom. The van der Waals surface area contributed by atoms with Gasteiger partial charge in [-0.15, -0.1) is 0 Å². The first-order chi connectivity index (χ1) is 5.70. The van der Waals surface area contributed by atoms with Gasteiger partial charge < -0.3 is 10.1 Å². The van der Waals surface area contributed by atoms with Crippen molar-refractivity contribution in [3.05, 3.63) is 0 Å². The molecular weight excluding hydrogens is 269 g/mol. The molecule has 0 aliphatic rings. The summed E-state index contributed by atoms with van der Waals surface area (Å²) in [7, 11) is 0. The fourth-order valence-corrected chi connectivity index (χ4v) is 1.43. The first-order valence-electron chi connectivity index (χ1n) is 3.99. The lowest BCUT2D eigenvalue weighted by molar-refractivity contribution is -0.122. The number of alkyl halides is 1. The largest absolute Gasteiger partial charge is 0.347 e. The molecule has 1 atom stereocenters. The molecule has 12 heavy (non-hydrogen) atoms. The van der Waals surface area contributed by atoms with Crippen molar-refractivity contribution in [1.29, 1.82) is 0 Å². The van der Waals surface area contributed by atoms with Crippen LogP contribution >= 0.6 is 22.6 Å². The highest BCUT2D eigenvalue weighted by Crippen LogP contribution is 2.01. The quantitative estimate of drug-likeness (QED) is 0.345. The van der Waals surface area contributed by atoms with E-state index in [1.165, 1.54) is 6.92 Å². The van der Waals surface area contributed by atoms with E-state index in [1.807, 2.05) is 0 Å². The highest BCUT2D eigenvalue weighted by Gasteiger charge is 2.06. The molecule has 1 amide bonds. The Balaban J connectivity index is 3.53. The van der Waals surface area contributed by atoms with Crippen LogP contribution < -0.4 is 5.32 Å². The van der Waals surface area contributed by atoms with Gasteiger partial charge in [-0.05, 0) is 17.3 Å². The average Bonchev–Trinajstić information content (AvgIpc) is 2.02. The topological polar surface area (TPSA) is 46.2 Å². The van der Waals surface area contributed by atoms with Crippen LogP contribution in [0.3, 0.4) is 0 Å². The highest BCUT2D eigenvalue weighted by atomic mass is 127. The minimum Gasteiger partial charge on any atom is -0.347 e. The number of amides is 1. The lowest BCUT2D eigenvalue weighted by atomic mass is 10.1. The molecule has 0 aromatic rings. The van der Waals surface area contributed by atoms with Gasteiger partial charge in [0.15, 0.2) is 0 Å². The first-order valence-corrected chi connectivity index (χ1v) is 5.51. The maximum atomic E-state index is 10.6. The van der Waals surface area contributed by atoms with Crippen LogP contribution in [0.25, 0.3) is 0 Å². The van der Waals surface area contributed by atoms with Gasteiger partial charge in [0.2, 0.25) is 5.91 Å². The molecule has 0 aliphatic carbocycles. The van der Waals surface area contributed by atoms with E-state index in [1.54, 1.807) is 0 Å². The van der Waals surface area contributed by atoms with Crippen molar-refractivity contribution in [2.24, 2.45) is 0 Å². The summed E-state index contributed by atoms with van der Waals surface area (Å²) in [4.78, 5) is 21.0. The Kier molecular flexibility index (Phi) is 7.43. The molecule has 0 spiro atoms. The molecule has 0 radical (unpaired) electrons.